The van der Waals surface area contributed by atoms with Gasteiger partial charge in [0.05, 0.1) is 44.2 Å². The number of aliphatic hydroxyl groups is 2. The van der Waals surface area contributed by atoms with Gasteiger partial charge in [0.25, 0.3) is 0 Å². The molecule has 0 aromatic carbocycles. The maximum atomic E-state index is 14.0. The van der Waals surface area contributed by atoms with E-state index in [1.54, 1.807) is 6.92 Å². The number of cyclic esters (lactones) is 1. The fourth-order valence-electron chi connectivity index (χ4n) is 10.2. The molecule has 2 bridgehead atoms. The fourth-order valence-corrected chi connectivity index (χ4v) is 10.2. The highest BCUT2D eigenvalue weighted by Crippen LogP contribution is 2.80. The lowest BCUT2D eigenvalue weighted by molar-refractivity contribution is -0.284. The van der Waals surface area contributed by atoms with Crippen LogP contribution in [0.5, 0.6) is 0 Å². The van der Waals surface area contributed by atoms with Crippen molar-refractivity contribution in [2.75, 3.05) is 20.3 Å². The highest BCUT2D eigenvalue weighted by molar-refractivity contribution is 6.35. The zero-order valence-electron chi connectivity index (χ0n) is 21.4. The molecule has 1 spiro atoms. The number of hydrogen-bond donors (Lipinski definition) is 2. The predicted octanol–water partition coefficient (Wildman–Crippen LogP) is -1.04. The monoisotopic (exact) mass is 544 g/mol. The van der Waals surface area contributed by atoms with E-state index in [2.05, 4.69) is 0 Å². The summed E-state index contributed by atoms with van der Waals surface area (Å²) in [6.07, 6.45) is 1.76. The number of methoxy groups -OCH3 is 1. The van der Waals surface area contributed by atoms with Crippen molar-refractivity contribution >= 4 is 23.5 Å². The number of allylic oxidation sites excluding steroid dienone is 1. The largest absolute Gasteiger partial charge is 0.469 e. The molecule has 0 radical (unpaired) electrons. The van der Waals surface area contributed by atoms with E-state index in [1.807, 2.05) is 6.92 Å². The Morgan fingerprint density at radius 1 is 1.15 bits per heavy atom. The second kappa shape index (κ2) is 6.63. The van der Waals surface area contributed by atoms with E-state index in [0.717, 1.165) is 7.11 Å². The summed E-state index contributed by atoms with van der Waals surface area (Å²) in [4.78, 5) is 53.4. The number of ether oxygens (including phenoxy) is 6. The summed E-state index contributed by atoms with van der Waals surface area (Å²) in [6.45, 7) is 2.81. The summed E-state index contributed by atoms with van der Waals surface area (Å²) in [5, 5.41) is 23.8. The third-order valence-electron chi connectivity index (χ3n) is 11.7. The number of epoxide rings is 1. The molecule has 8 rings (SSSR count). The van der Waals surface area contributed by atoms with Crippen LogP contribution < -0.4 is 0 Å². The number of carbonyl (C=O) groups is 4. The van der Waals surface area contributed by atoms with Crippen LogP contribution >= 0.6 is 0 Å². The molecular weight excluding hydrogens is 516 g/mol. The molecule has 12 nitrogen and oxygen atoms in total. The highest BCUT2D eigenvalue weighted by atomic mass is 16.7. The SMILES string of the molecule is COC(=O)[C@]12CO[C@@H]3[C@@H]1C1(C=CC2=O)COC(=O)C(=O)C1[C@](C)([C@]12O[C@@]1(C)[C@H]1C[C@@H]2O[C@@H]2OC=C[C@@]21O)[C@@H]3O. The number of hydrogen-bond acceptors (Lipinski definition) is 12. The van der Waals surface area contributed by atoms with Crippen LogP contribution in [0.2, 0.25) is 0 Å². The first kappa shape index (κ1) is 24.2. The van der Waals surface area contributed by atoms with Crippen molar-refractivity contribution in [3.63, 3.8) is 0 Å². The number of Topliss-reactive ketones (excluding diaryl/α,β-unsaturated/α-hetero) is 1. The number of carbonyl (C=O) groups excluding carboxylic acids is 4. The lowest BCUT2D eigenvalue weighted by Crippen LogP contribution is -2.76. The van der Waals surface area contributed by atoms with Gasteiger partial charge < -0.3 is 38.6 Å². The van der Waals surface area contributed by atoms with Crippen molar-refractivity contribution in [1.82, 2.24) is 0 Å². The van der Waals surface area contributed by atoms with E-state index in [4.69, 9.17) is 28.4 Å². The molecule has 0 aromatic rings. The minimum absolute atomic E-state index is 0.308. The first-order valence-electron chi connectivity index (χ1n) is 13.1. The van der Waals surface area contributed by atoms with Gasteiger partial charge in [-0.2, -0.15) is 0 Å². The molecule has 3 aliphatic carbocycles. The summed E-state index contributed by atoms with van der Waals surface area (Å²) < 4.78 is 34.9. The lowest BCUT2D eigenvalue weighted by atomic mass is 9.39. The summed E-state index contributed by atoms with van der Waals surface area (Å²) in [5.74, 6) is -6.18. The fraction of sp³-hybridized carbons (Fsp3) is 0.704. The first-order valence-corrected chi connectivity index (χ1v) is 13.1. The summed E-state index contributed by atoms with van der Waals surface area (Å²) in [5.41, 5.74) is -8.64. The van der Waals surface area contributed by atoms with Crippen molar-refractivity contribution in [1.29, 1.82) is 0 Å². The standard InChI is InChI=1S/C27H28O12/c1-22(27-13-8-11(23(27,2)39-27)26(33)6-7-35-21(26)38-13)16-14(29)19(31)37-9-24(16)5-4-12(28)25(20(32)34-3)10-36-15(17(24)25)18(22)30/h4-7,11,13,15-18,21,30,33H,8-10H2,1-3H3/t11-,13+,15-,16?,17-,18-,21+,22+,23+,24?,25+,26+,27+/m1/s1. The van der Waals surface area contributed by atoms with Crippen LogP contribution in [0.25, 0.3) is 0 Å². The van der Waals surface area contributed by atoms with E-state index in [9.17, 15) is 29.4 Å². The normalized spacial score (nSPS) is 59.1. The Kier molecular flexibility index (Phi) is 4.11. The Balaban J connectivity index is 1.36. The molecule has 2 N–H and O–H groups in total. The molecule has 2 saturated carbocycles. The molecule has 5 aliphatic heterocycles. The van der Waals surface area contributed by atoms with Crippen molar-refractivity contribution in [2.45, 2.75) is 61.7 Å². The number of aliphatic hydroxyl groups excluding tert-OH is 1. The molecule has 208 valence electrons. The maximum absolute atomic E-state index is 14.0. The quantitative estimate of drug-likeness (QED) is 0.188. The first-order chi connectivity index (χ1) is 18.4. The number of ketones is 2. The van der Waals surface area contributed by atoms with E-state index in [1.165, 1.54) is 24.5 Å². The van der Waals surface area contributed by atoms with Gasteiger partial charge in [0.15, 0.2) is 16.8 Å². The average molecular weight is 545 g/mol. The van der Waals surface area contributed by atoms with Gasteiger partial charge in [0.2, 0.25) is 12.1 Å². The van der Waals surface area contributed by atoms with Crippen LogP contribution in [-0.2, 0) is 47.6 Å². The summed E-state index contributed by atoms with van der Waals surface area (Å²) in [6, 6.07) is 0. The molecule has 4 saturated heterocycles. The Labute approximate surface area is 222 Å². The molecule has 2 unspecified atom stereocenters. The molecule has 0 amide bonds. The van der Waals surface area contributed by atoms with Crippen LogP contribution in [0.3, 0.4) is 0 Å². The third kappa shape index (κ3) is 2.12. The van der Waals surface area contributed by atoms with Gasteiger partial charge in [0.1, 0.15) is 17.8 Å². The Bertz CT molecular complexity index is 1340. The van der Waals surface area contributed by atoms with Crippen molar-refractivity contribution in [3.8, 4) is 0 Å². The molecule has 5 heterocycles. The Morgan fingerprint density at radius 2 is 1.92 bits per heavy atom. The second-order valence-corrected chi connectivity index (χ2v) is 12.6. The summed E-state index contributed by atoms with van der Waals surface area (Å²) >= 11 is 0. The van der Waals surface area contributed by atoms with E-state index < -0.39 is 98.9 Å². The highest BCUT2D eigenvalue weighted by Gasteiger charge is 2.94. The Hall–Kier alpha value is -2.64. The van der Waals surface area contributed by atoms with Crippen LogP contribution in [0.4, 0.5) is 0 Å². The molecular formula is C27H28O12. The van der Waals surface area contributed by atoms with Gasteiger partial charge in [-0.15, -0.1) is 0 Å². The predicted molar refractivity (Wildman–Crippen MR) is 122 cm³/mol. The van der Waals surface area contributed by atoms with Crippen molar-refractivity contribution in [3.05, 3.63) is 24.5 Å². The van der Waals surface area contributed by atoms with Crippen molar-refractivity contribution < 1.29 is 57.8 Å². The molecule has 0 aromatic heterocycles. The zero-order chi connectivity index (χ0) is 27.5. The molecule has 39 heavy (non-hydrogen) atoms. The third-order valence-corrected chi connectivity index (χ3v) is 11.7. The maximum Gasteiger partial charge on any atom is 0.374 e. The summed E-state index contributed by atoms with van der Waals surface area (Å²) in [7, 11) is 1.16. The van der Waals surface area contributed by atoms with Gasteiger partial charge in [-0.25, -0.2) is 4.79 Å². The minimum Gasteiger partial charge on any atom is -0.469 e. The zero-order valence-corrected chi connectivity index (χ0v) is 21.4. The van der Waals surface area contributed by atoms with Gasteiger partial charge in [0, 0.05) is 22.7 Å². The van der Waals surface area contributed by atoms with Crippen LogP contribution in [0.15, 0.2) is 24.5 Å². The molecule has 13 atom stereocenters. The van der Waals surface area contributed by atoms with Crippen LogP contribution in [0.1, 0.15) is 20.3 Å². The number of rotatable bonds is 2. The van der Waals surface area contributed by atoms with E-state index >= 15 is 0 Å². The van der Waals surface area contributed by atoms with Gasteiger partial charge >= 0.3 is 11.9 Å². The Morgan fingerprint density at radius 3 is 2.67 bits per heavy atom. The van der Waals surface area contributed by atoms with E-state index in [0.29, 0.717) is 6.42 Å². The van der Waals surface area contributed by atoms with Gasteiger partial charge in [-0.05, 0) is 25.5 Å². The van der Waals surface area contributed by atoms with Crippen LogP contribution in [0, 0.1) is 34.0 Å². The van der Waals surface area contributed by atoms with E-state index in [-0.39, 0.29) is 13.2 Å². The minimum atomic E-state index is -1.82. The lowest BCUT2D eigenvalue weighted by Gasteiger charge is -2.63. The van der Waals surface area contributed by atoms with Gasteiger partial charge in [-0.1, -0.05) is 13.0 Å². The number of fused-ring (bicyclic) bond motifs is 7. The molecule has 12 heteroatoms. The topological polar surface area (TPSA) is 167 Å². The van der Waals surface area contributed by atoms with Gasteiger partial charge in [-0.3, -0.25) is 14.4 Å². The second-order valence-electron chi connectivity index (χ2n) is 12.6. The molecule has 6 fully saturated rings. The number of esters is 2. The average Bonchev–Trinajstić information content (AvgIpc) is 3.18. The van der Waals surface area contributed by atoms with Crippen LogP contribution in [-0.4, -0.2) is 95.4 Å². The molecule has 8 aliphatic rings. The smallest absolute Gasteiger partial charge is 0.374 e. The van der Waals surface area contributed by atoms with Crippen molar-refractivity contribution in [2.24, 2.45) is 34.0 Å².